The van der Waals surface area contributed by atoms with Crippen LogP contribution in [0.4, 0.5) is 4.39 Å². The SMILES string of the molecule is Cc1ccc(C)n1-c1nc2cc(F)c(B(O)O)cn2n1. The Balaban J connectivity index is 2.21. The number of pyridine rings is 1. The van der Waals surface area contributed by atoms with Gasteiger partial charge in [-0.3, -0.25) is 4.57 Å². The third-order valence-electron chi connectivity index (χ3n) is 3.19. The molecule has 0 aliphatic heterocycles. The lowest BCUT2D eigenvalue weighted by Crippen LogP contribution is -2.33. The van der Waals surface area contributed by atoms with Crippen molar-refractivity contribution >= 4 is 18.2 Å². The van der Waals surface area contributed by atoms with Crippen LogP contribution in [0.2, 0.25) is 0 Å². The van der Waals surface area contributed by atoms with Crippen LogP contribution in [0, 0.1) is 19.7 Å². The minimum Gasteiger partial charge on any atom is -0.423 e. The van der Waals surface area contributed by atoms with Crippen molar-refractivity contribution in [3.63, 3.8) is 0 Å². The highest BCUT2D eigenvalue weighted by Crippen LogP contribution is 2.14. The van der Waals surface area contributed by atoms with Crippen LogP contribution in [0.1, 0.15) is 11.4 Å². The third-order valence-corrected chi connectivity index (χ3v) is 3.19. The minimum absolute atomic E-state index is 0.241. The molecule has 0 spiro atoms. The van der Waals surface area contributed by atoms with Crippen LogP contribution >= 0.6 is 0 Å². The van der Waals surface area contributed by atoms with E-state index >= 15 is 0 Å². The van der Waals surface area contributed by atoms with Crippen molar-refractivity contribution in [1.82, 2.24) is 19.2 Å². The number of fused-ring (bicyclic) bond motifs is 1. The van der Waals surface area contributed by atoms with Gasteiger partial charge in [-0.2, -0.15) is 4.98 Å². The summed E-state index contributed by atoms with van der Waals surface area (Å²) in [5, 5.41) is 22.4. The highest BCUT2D eigenvalue weighted by molar-refractivity contribution is 6.58. The zero-order valence-corrected chi connectivity index (χ0v) is 10.9. The van der Waals surface area contributed by atoms with Crippen molar-refractivity contribution in [2.24, 2.45) is 0 Å². The maximum absolute atomic E-state index is 13.7. The Hall–Kier alpha value is -2.19. The van der Waals surface area contributed by atoms with E-state index < -0.39 is 12.9 Å². The van der Waals surface area contributed by atoms with Crippen LogP contribution in [0.15, 0.2) is 24.4 Å². The Morgan fingerprint density at radius 3 is 2.45 bits per heavy atom. The highest BCUT2D eigenvalue weighted by atomic mass is 19.1. The van der Waals surface area contributed by atoms with Crippen LogP contribution in [0.5, 0.6) is 0 Å². The van der Waals surface area contributed by atoms with Gasteiger partial charge in [0.25, 0.3) is 5.95 Å². The Bertz CT molecular complexity index is 777. The summed E-state index contributed by atoms with van der Waals surface area (Å²) >= 11 is 0. The molecule has 0 saturated heterocycles. The number of rotatable bonds is 2. The number of aryl methyl sites for hydroxylation is 2. The summed E-state index contributed by atoms with van der Waals surface area (Å²) in [5.74, 6) is -0.318. The fraction of sp³-hybridized carbons (Fsp3) is 0.167. The van der Waals surface area contributed by atoms with E-state index in [1.165, 1.54) is 10.7 Å². The average Bonchev–Trinajstić information content (AvgIpc) is 2.91. The van der Waals surface area contributed by atoms with Crippen molar-refractivity contribution in [2.45, 2.75) is 13.8 Å². The fourth-order valence-corrected chi connectivity index (χ4v) is 2.18. The quantitative estimate of drug-likeness (QED) is 0.643. The van der Waals surface area contributed by atoms with Gasteiger partial charge in [0.05, 0.1) is 0 Å². The van der Waals surface area contributed by atoms with Gasteiger partial charge in [0.1, 0.15) is 5.82 Å². The maximum atomic E-state index is 13.7. The van der Waals surface area contributed by atoms with Gasteiger partial charge in [-0.05, 0) is 26.0 Å². The summed E-state index contributed by atoms with van der Waals surface area (Å²) < 4.78 is 16.8. The summed E-state index contributed by atoms with van der Waals surface area (Å²) in [5.41, 5.74) is 1.98. The topological polar surface area (TPSA) is 75.6 Å². The van der Waals surface area contributed by atoms with Gasteiger partial charge in [-0.15, -0.1) is 5.10 Å². The molecule has 0 fully saturated rings. The smallest absolute Gasteiger partial charge is 0.423 e. The van der Waals surface area contributed by atoms with Crippen LogP contribution in [-0.4, -0.2) is 36.3 Å². The lowest BCUT2D eigenvalue weighted by molar-refractivity contribution is 0.422. The number of hydrogen-bond acceptors (Lipinski definition) is 4. The molecule has 0 bridgehead atoms. The molecule has 3 rings (SSSR count). The van der Waals surface area contributed by atoms with Gasteiger partial charge in [0, 0.05) is 29.1 Å². The first kappa shape index (κ1) is 12.8. The first-order valence-corrected chi connectivity index (χ1v) is 6.04. The normalized spacial score (nSPS) is 11.2. The molecule has 0 amide bonds. The predicted molar refractivity (Wildman–Crippen MR) is 71.6 cm³/mol. The standard InChI is InChI=1S/C12H12BFN4O2/c1-7-3-4-8(2)18(7)12-15-11-5-10(14)9(13(19)20)6-17(11)16-12/h3-6,19-20H,1-2H3. The summed E-state index contributed by atoms with van der Waals surface area (Å²) in [6, 6.07) is 4.99. The van der Waals surface area contributed by atoms with E-state index in [-0.39, 0.29) is 5.46 Å². The minimum atomic E-state index is -1.89. The van der Waals surface area contributed by atoms with Gasteiger partial charge in [-0.25, -0.2) is 8.91 Å². The van der Waals surface area contributed by atoms with E-state index in [4.69, 9.17) is 10.0 Å². The summed E-state index contributed by atoms with van der Waals surface area (Å²) in [4.78, 5) is 4.25. The van der Waals surface area contributed by atoms with Crippen LogP contribution in [-0.2, 0) is 0 Å². The Labute approximate surface area is 114 Å². The van der Waals surface area contributed by atoms with Gasteiger partial charge in [0.2, 0.25) is 0 Å². The van der Waals surface area contributed by atoms with Crippen LogP contribution < -0.4 is 5.46 Å². The zero-order valence-electron chi connectivity index (χ0n) is 10.9. The van der Waals surface area contributed by atoms with Crippen LogP contribution in [0.3, 0.4) is 0 Å². The second kappa shape index (κ2) is 4.43. The maximum Gasteiger partial charge on any atom is 0.493 e. The molecule has 3 heterocycles. The molecule has 0 aromatic carbocycles. The summed E-state index contributed by atoms with van der Waals surface area (Å²) in [6.07, 6.45) is 1.22. The zero-order chi connectivity index (χ0) is 14.4. The lowest BCUT2D eigenvalue weighted by atomic mass is 9.81. The van der Waals surface area contributed by atoms with Crippen molar-refractivity contribution in [1.29, 1.82) is 0 Å². The molecule has 0 atom stereocenters. The van der Waals surface area contributed by atoms with Crippen molar-refractivity contribution < 1.29 is 14.4 Å². The third kappa shape index (κ3) is 1.89. The number of aromatic nitrogens is 4. The predicted octanol–water partition coefficient (Wildman–Crippen LogP) is -0.0443. The molecule has 0 saturated carbocycles. The molecule has 0 radical (unpaired) electrons. The van der Waals surface area contributed by atoms with Gasteiger partial charge < -0.3 is 10.0 Å². The molecule has 3 aromatic heterocycles. The van der Waals surface area contributed by atoms with Crippen molar-refractivity contribution in [2.75, 3.05) is 0 Å². The second-order valence-corrected chi connectivity index (χ2v) is 4.62. The molecule has 0 aliphatic carbocycles. The number of halogens is 1. The molecule has 6 nitrogen and oxygen atoms in total. The molecule has 20 heavy (non-hydrogen) atoms. The van der Waals surface area contributed by atoms with E-state index in [9.17, 15) is 4.39 Å². The highest BCUT2D eigenvalue weighted by Gasteiger charge is 2.19. The second-order valence-electron chi connectivity index (χ2n) is 4.62. The van der Waals surface area contributed by atoms with E-state index in [1.54, 1.807) is 0 Å². The largest absolute Gasteiger partial charge is 0.493 e. The number of nitrogens with zero attached hydrogens (tertiary/aromatic N) is 4. The van der Waals surface area contributed by atoms with E-state index in [2.05, 4.69) is 10.1 Å². The Morgan fingerprint density at radius 2 is 1.85 bits per heavy atom. The molecular formula is C12H12BFN4O2. The van der Waals surface area contributed by atoms with E-state index in [1.807, 2.05) is 30.5 Å². The number of hydrogen-bond donors (Lipinski definition) is 2. The summed E-state index contributed by atoms with van der Waals surface area (Å²) in [7, 11) is -1.89. The van der Waals surface area contributed by atoms with Crippen LogP contribution in [0.25, 0.3) is 11.6 Å². The molecule has 0 unspecified atom stereocenters. The van der Waals surface area contributed by atoms with Crippen molar-refractivity contribution in [3.05, 3.63) is 41.6 Å². The van der Waals surface area contributed by atoms with Gasteiger partial charge in [0.15, 0.2) is 5.65 Å². The molecule has 8 heteroatoms. The molecule has 102 valence electrons. The first-order chi connectivity index (χ1) is 9.47. The van der Waals surface area contributed by atoms with Gasteiger partial charge >= 0.3 is 7.12 Å². The van der Waals surface area contributed by atoms with E-state index in [0.717, 1.165) is 17.5 Å². The Morgan fingerprint density at radius 1 is 1.20 bits per heavy atom. The average molecular weight is 274 g/mol. The fourth-order valence-electron chi connectivity index (χ4n) is 2.18. The molecule has 3 aromatic rings. The van der Waals surface area contributed by atoms with Crippen molar-refractivity contribution in [3.8, 4) is 5.95 Å². The van der Waals surface area contributed by atoms with E-state index in [0.29, 0.717) is 11.6 Å². The first-order valence-electron chi connectivity index (χ1n) is 6.04. The Kier molecular flexibility index (Phi) is 2.84. The molecular weight excluding hydrogens is 262 g/mol. The molecule has 2 N–H and O–H groups in total. The summed E-state index contributed by atoms with van der Waals surface area (Å²) in [6.45, 7) is 3.84. The molecule has 0 aliphatic rings. The van der Waals surface area contributed by atoms with Gasteiger partial charge in [-0.1, -0.05) is 0 Å². The monoisotopic (exact) mass is 274 g/mol. The lowest BCUT2D eigenvalue weighted by Gasteiger charge is -2.02.